The van der Waals surface area contributed by atoms with Gasteiger partial charge in [-0.1, -0.05) is 100 Å². The molecule has 0 aliphatic rings. The molecule has 4 aromatic carbocycles. The predicted molar refractivity (Wildman–Crippen MR) is 179 cm³/mol. The lowest BCUT2D eigenvalue weighted by Crippen LogP contribution is -2.44. The van der Waals surface area contributed by atoms with Gasteiger partial charge in [-0.25, -0.2) is 0 Å². The van der Waals surface area contributed by atoms with Gasteiger partial charge < -0.3 is 19.3 Å². The van der Waals surface area contributed by atoms with E-state index in [9.17, 15) is 9.59 Å². The van der Waals surface area contributed by atoms with E-state index in [1.807, 2.05) is 97.1 Å². The lowest BCUT2D eigenvalue weighted by Gasteiger charge is -2.28. The number of rotatable bonds is 15. The van der Waals surface area contributed by atoms with Crippen LogP contribution < -0.4 is 19.3 Å². The van der Waals surface area contributed by atoms with Crippen molar-refractivity contribution in [3.8, 4) is 11.5 Å². The molecule has 44 heavy (non-hydrogen) atoms. The molecule has 2 amide bonds. The highest BCUT2D eigenvalue weighted by molar-refractivity contribution is 5.96. The molecule has 4 rings (SSSR count). The number of amides is 2. The molecule has 0 bridgehead atoms. The van der Waals surface area contributed by atoms with E-state index in [-0.39, 0.29) is 38.1 Å². The third-order valence-electron chi connectivity index (χ3n) is 8.11. The zero-order valence-electron chi connectivity index (χ0n) is 26.3. The SMILES string of the molecule is CC[C@@H](C)c1ccccc1OCC(=O)N(CCN(C(=O)COc1ccccc1[C@@H](C)CC)c1ccccc1)c1ccccc1. The zero-order chi connectivity index (χ0) is 31.3. The van der Waals surface area contributed by atoms with Gasteiger partial charge in [0.2, 0.25) is 0 Å². The molecule has 4 aromatic rings. The summed E-state index contributed by atoms with van der Waals surface area (Å²) in [6.07, 6.45) is 1.95. The maximum atomic E-state index is 13.7. The summed E-state index contributed by atoms with van der Waals surface area (Å²) < 4.78 is 12.2. The van der Waals surface area contributed by atoms with Gasteiger partial charge in [0.15, 0.2) is 13.2 Å². The second-order valence-corrected chi connectivity index (χ2v) is 11.0. The molecule has 0 heterocycles. The molecular formula is C38H44N2O4. The van der Waals surface area contributed by atoms with Crippen molar-refractivity contribution in [3.05, 3.63) is 120 Å². The Morgan fingerprint density at radius 2 is 0.886 bits per heavy atom. The third-order valence-corrected chi connectivity index (χ3v) is 8.11. The van der Waals surface area contributed by atoms with Gasteiger partial charge >= 0.3 is 0 Å². The van der Waals surface area contributed by atoms with E-state index in [1.165, 1.54) is 0 Å². The van der Waals surface area contributed by atoms with E-state index >= 15 is 0 Å². The monoisotopic (exact) mass is 592 g/mol. The van der Waals surface area contributed by atoms with E-state index in [4.69, 9.17) is 9.47 Å². The summed E-state index contributed by atoms with van der Waals surface area (Å²) in [5, 5.41) is 0. The summed E-state index contributed by atoms with van der Waals surface area (Å²) in [7, 11) is 0. The first-order valence-electron chi connectivity index (χ1n) is 15.6. The molecule has 2 atom stereocenters. The lowest BCUT2D eigenvalue weighted by atomic mass is 9.98. The Labute approximate surface area is 262 Å². The van der Waals surface area contributed by atoms with Gasteiger partial charge in [0.05, 0.1) is 0 Å². The summed E-state index contributed by atoms with van der Waals surface area (Å²) in [5.41, 5.74) is 3.67. The Morgan fingerprint density at radius 1 is 0.545 bits per heavy atom. The van der Waals surface area contributed by atoms with Crippen molar-refractivity contribution in [2.24, 2.45) is 0 Å². The molecule has 0 aromatic heterocycles. The second kappa shape index (κ2) is 16.3. The Hall–Kier alpha value is -4.58. The number of anilines is 2. The van der Waals surface area contributed by atoms with Crippen LogP contribution in [0, 0.1) is 0 Å². The van der Waals surface area contributed by atoms with Gasteiger partial charge in [-0.3, -0.25) is 9.59 Å². The smallest absolute Gasteiger partial charge is 0.264 e. The van der Waals surface area contributed by atoms with E-state index in [2.05, 4.69) is 39.8 Å². The molecule has 0 N–H and O–H groups in total. The largest absolute Gasteiger partial charge is 0.483 e. The van der Waals surface area contributed by atoms with Gasteiger partial charge in [0.1, 0.15) is 11.5 Å². The molecule has 0 saturated carbocycles. The minimum atomic E-state index is -0.186. The summed E-state index contributed by atoms with van der Waals surface area (Å²) in [6, 6.07) is 34.8. The molecule has 0 radical (unpaired) electrons. The molecule has 230 valence electrons. The second-order valence-electron chi connectivity index (χ2n) is 11.0. The van der Waals surface area contributed by atoms with Crippen molar-refractivity contribution in [1.29, 1.82) is 0 Å². The Kier molecular flexibility index (Phi) is 12.0. The van der Waals surface area contributed by atoms with Crippen LogP contribution in [-0.2, 0) is 9.59 Å². The molecule has 0 aliphatic heterocycles. The molecule has 0 saturated heterocycles. The topological polar surface area (TPSA) is 59.1 Å². The number of hydrogen-bond donors (Lipinski definition) is 0. The van der Waals surface area contributed by atoms with Gasteiger partial charge in [0, 0.05) is 24.5 Å². The first-order chi connectivity index (χ1) is 21.4. The number of hydrogen-bond acceptors (Lipinski definition) is 4. The van der Waals surface area contributed by atoms with E-state index in [0.717, 1.165) is 46.8 Å². The number of ether oxygens (including phenoxy) is 2. The Bertz CT molecular complexity index is 1360. The summed E-state index contributed by atoms with van der Waals surface area (Å²) in [4.78, 5) is 30.8. The first kappa shape index (κ1) is 32.3. The van der Waals surface area contributed by atoms with Gasteiger partial charge in [-0.2, -0.15) is 0 Å². The standard InChI is InChI=1S/C38H44N2O4/c1-5-29(3)33-21-13-15-23-35(33)43-27-37(41)39(31-17-9-7-10-18-31)25-26-40(32-19-11-8-12-20-32)38(42)28-44-36-24-16-14-22-34(36)30(4)6-2/h7-24,29-30H,5-6,25-28H2,1-4H3/t29-,30+. The van der Waals surface area contributed by atoms with Crippen LogP contribution in [0.5, 0.6) is 11.5 Å². The fourth-order valence-electron chi connectivity index (χ4n) is 5.12. The number of benzene rings is 4. The lowest BCUT2D eigenvalue weighted by molar-refractivity contribution is -0.122. The Morgan fingerprint density at radius 3 is 1.25 bits per heavy atom. The highest BCUT2D eigenvalue weighted by Crippen LogP contribution is 2.30. The van der Waals surface area contributed by atoms with E-state index in [0.29, 0.717) is 11.8 Å². The summed E-state index contributed by atoms with van der Waals surface area (Å²) in [5.74, 6) is 1.70. The number of carbonyl (C=O) groups excluding carboxylic acids is 2. The third kappa shape index (κ3) is 8.50. The van der Waals surface area contributed by atoms with Crippen LogP contribution in [0.15, 0.2) is 109 Å². The average Bonchev–Trinajstić information content (AvgIpc) is 3.08. The molecule has 0 aliphatic carbocycles. The normalized spacial score (nSPS) is 12.2. The van der Waals surface area contributed by atoms with Crippen LogP contribution in [0.1, 0.15) is 63.5 Å². The fraction of sp³-hybridized carbons (Fsp3) is 0.316. The van der Waals surface area contributed by atoms with Gasteiger partial charge in [0.25, 0.3) is 11.8 Å². The van der Waals surface area contributed by atoms with Crippen molar-refractivity contribution in [3.63, 3.8) is 0 Å². The van der Waals surface area contributed by atoms with Crippen molar-refractivity contribution >= 4 is 23.2 Å². The zero-order valence-corrected chi connectivity index (χ0v) is 26.3. The minimum Gasteiger partial charge on any atom is -0.483 e. The number of nitrogens with zero attached hydrogens (tertiary/aromatic N) is 2. The predicted octanol–water partition coefficient (Wildman–Crippen LogP) is 8.24. The van der Waals surface area contributed by atoms with Crippen LogP contribution in [0.3, 0.4) is 0 Å². The molecule has 6 heteroatoms. The van der Waals surface area contributed by atoms with Crippen LogP contribution in [-0.4, -0.2) is 38.1 Å². The number of para-hydroxylation sites is 4. The first-order valence-corrected chi connectivity index (χ1v) is 15.6. The highest BCUT2D eigenvalue weighted by atomic mass is 16.5. The minimum absolute atomic E-state index is 0.114. The van der Waals surface area contributed by atoms with Crippen LogP contribution >= 0.6 is 0 Å². The van der Waals surface area contributed by atoms with Gasteiger partial charge in [-0.15, -0.1) is 0 Å². The number of carbonyl (C=O) groups is 2. The van der Waals surface area contributed by atoms with Crippen molar-refractivity contribution in [1.82, 2.24) is 0 Å². The Balaban J connectivity index is 1.52. The molecule has 0 spiro atoms. The van der Waals surface area contributed by atoms with Crippen LogP contribution in [0.4, 0.5) is 11.4 Å². The molecule has 0 unspecified atom stereocenters. The van der Waals surface area contributed by atoms with Crippen molar-refractivity contribution in [2.45, 2.75) is 52.4 Å². The fourth-order valence-corrected chi connectivity index (χ4v) is 5.12. The molecule has 0 fully saturated rings. The van der Waals surface area contributed by atoms with Crippen molar-refractivity contribution < 1.29 is 19.1 Å². The van der Waals surface area contributed by atoms with E-state index < -0.39 is 0 Å². The quantitative estimate of drug-likeness (QED) is 0.140. The maximum Gasteiger partial charge on any atom is 0.264 e. The summed E-state index contributed by atoms with van der Waals surface area (Å²) in [6.45, 7) is 8.92. The maximum absolute atomic E-state index is 13.7. The van der Waals surface area contributed by atoms with E-state index in [1.54, 1.807) is 9.80 Å². The molecule has 6 nitrogen and oxygen atoms in total. The highest BCUT2D eigenvalue weighted by Gasteiger charge is 2.23. The van der Waals surface area contributed by atoms with Crippen LogP contribution in [0.25, 0.3) is 0 Å². The van der Waals surface area contributed by atoms with Gasteiger partial charge in [-0.05, 0) is 72.2 Å². The average molecular weight is 593 g/mol. The summed E-state index contributed by atoms with van der Waals surface area (Å²) >= 11 is 0. The van der Waals surface area contributed by atoms with Crippen LogP contribution in [0.2, 0.25) is 0 Å². The molecular weight excluding hydrogens is 548 g/mol. The van der Waals surface area contributed by atoms with Crippen molar-refractivity contribution in [2.75, 3.05) is 36.1 Å².